The van der Waals surface area contributed by atoms with Gasteiger partial charge in [0.05, 0.1) is 0 Å². The highest BCUT2D eigenvalue weighted by molar-refractivity contribution is 5.78. The van der Waals surface area contributed by atoms with Crippen LogP contribution in [0.1, 0.15) is 46.5 Å². The fourth-order valence-electron chi connectivity index (χ4n) is 1.66. The highest BCUT2D eigenvalue weighted by Gasteiger charge is 2.09. The van der Waals surface area contributed by atoms with E-state index >= 15 is 0 Å². The van der Waals surface area contributed by atoms with Gasteiger partial charge in [0.2, 0.25) is 11.8 Å². The third-order valence-electron chi connectivity index (χ3n) is 3.18. The molecule has 5 heteroatoms. The maximum absolute atomic E-state index is 11.3. The first-order chi connectivity index (χ1) is 9.49. The van der Waals surface area contributed by atoms with Crippen LogP contribution in [0.3, 0.4) is 0 Å². The van der Waals surface area contributed by atoms with E-state index in [9.17, 15) is 9.59 Å². The van der Waals surface area contributed by atoms with Crippen molar-refractivity contribution < 1.29 is 14.3 Å². The fourth-order valence-corrected chi connectivity index (χ4v) is 1.66. The van der Waals surface area contributed by atoms with E-state index in [-0.39, 0.29) is 23.7 Å². The van der Waals surface area contributed by atoms with Crippen molar-refractivity contribution in [3.63, 3.8) is 0 Å². The van der Waals surface area contributed by atoms with Gasteiger partial charge >= 0.3 is 0 Å². The number of hydrogen-bond donors (Lipinski definition) is 2. The quantitative estimate of drug-likeness (QED) is 0.568. The van der Waals surface area contributed by atoms with Crippen LogP contribution in [0, 0.1) is 11.8 Å². The monoisotopic (exact) mass is 286 g/mol. The second-order valence-corrected chi connectivity index (χ2v) is 5.42. The summed E-state index contributed by atoms with van der Waals surface area (Å²) in [7, 11) is 1.65. The maximum atomic E-state index is 11.3. The molecule has 0 aliphatic carbocycles. The normalized spacial score (nSPS) is 12.2. The van der Waals surface area contributed by atoms with E-state index in [0.717, 1.165) is 38.8 Å². The first kappa shape index (κ1) is 18.9. The predicted octanol–water partition coefficient (Wildman–Crippen LogP) is 1.72. The van der Waals surface area contributed by atoms with E-state index in [0.29, 0.717) is 6.61 Å². The molecule has 1 unspecified atom stereocenters. The van der Waals surface area contributed by atoms with Crippen molar-refractivity contribution in [2.45, 2.75) is 46.5 Å². The van der Waals surface area contributed by atoms with Crippen LogP contribution >= 0.6 is 0 Å². The lowest BCUT2D eigenvalue weighted by atomic mass is 10.1. The van der Waals surface area contributed by atoms with Gasteiger partial charge in [0, 0.05) is 38.6 Å². The maximum Gasteiger partial charge on any atom is 0.222 e. The molecule has 0 aromatic heterocycles. The van der Waals surface area contributed by atoms with E-state index < -0.39 is 0 Å². The SMILES string of the molecule is CNC(=O)C(C)CCOCCCCCNC(=O)C(C)C. The Morgan fingerprint density at radius 1 is 1.00 bits per heavy atom. The molecule has 20 heavy (non-hydrogen) atoms. The third-order valence-corrected chi connectivity index (χ3v) is 3.18. The summed E-state index contributed by atoms with van der Waals surface area (Å²) in [5.41, 5.74) is 0. The molecule has 1 atom stereocenters. The smallest absolute Gasteiger partial charge is 0.222 e. The van der Waals surface area contributed by atoms with E-state index in [4.69, 9.17) is 4.74 Å². The first-order valence-corrected chi connectivity index (χ1v) is 7.56. The van der Waals surface area contributed by atoms with E-state index in [1.54, 1.807) is 7.05 Å². The van der Waals surface area contributed by atoms with Crippen molar-refractivity contribution in [2.75, 3.05) is 26.8 Å². The van der Waals surface area contributed by atoms with Crippen molar-refractivity contribution in [3.8, 4) is 0 Å². The topological polar surface area (TPSA) is 67.4 Å². The molecule has 5 nitrogen and oxygen atoms in total. The lowest BCUT2D eigenvalue weighted by molar-refractivity contribution is -0.125. The van der Waals surface area contributed by atoms with Crippen LogP contribution in [-0.2, 0) is 14.3 Å². The molecular formula is C15H30N2O3. The summed E-state index contributed by atoms with van der Waals surface area (Å²) in [6.45, 7) is 7.77. The van der Waals surface area contributed by atoms with Gasteiger partial charge in [0.1, 0.15) is 0 Å². The van der Waals surface area contributed by atoms with Crippen molar-refractivity contribution in [3.05, 3.63) is 0 Å². The molecule has 0 aromatic carbocycles. The van der Waals surface area contributed by atoms with Gasteiger partial charge in [-0.1, -0.05) is 20.8 Å². The summed E-state index contributed by atoms with van der Waals surface area (Å²) in [4.78, 5) is 22.5. The average Bonchev–Trinajstić information content (AvgIpc) is 2.43. The van der Waals surface area contributed by atoms with Gasteiger partial charge in [-0.15, -0.1) is 0 Å². The summed E-state index contributed by atoms with van der Waals surface area (Å²) in [6, 6.07) is 0. The minimum Gasteiger partial charge on any atom is -0.381 e. The molecule has 2 amide bonds. The van der Waals surface area contributed by atoms with E-state index in [1.165, 1.54) is 0 Å². The Morgan fingerprint density at radius 3 is 2.30 bits per heavy atom. The van der Waals surface area contributed by atoms with Crippen LogP contribution in [0.15, 0.2) is 0 Å². The van der Waals surface area contributed by atoms with Crippen LogP contribution in [-0.4, -0.2) is 38.6 Å². The summed E-state index contributed by atoms with van der Waals surface area (Å²) in [6.07, 6.45) is 3.77. The van der Waals surface area contributed by atoms with Crippen molar-refractivity contribution in [1.82, 2.24) is 10.6 Å². The number of carbonyl (C=O) groups is 2. The van der Waals surface area contributed by atoms with Crippen LogP contribution < -0.4 is 10.6 Å². The number of hydrogen-bond acceptors (Lipinski definition) is 3. The molecular weight excluding hydrogens is 256 g/mol. The molecule has 0 radical (unpaired) electrons. The Hall–Kier alpha value is -1.10. The molecule has 0 heterocycles. The molecule has 118 valence electrons. The summed E-state index contributed by atoms with van der Waals surface area (Å²) in [5.74, 6) is 0.242. The molecule has 0 aromatic rings. The van der Waals surface area contributed by atoms with Crippen molar-refractivity contribution >= 4 is 11.8 Å². The average molecular weight is 286 g/mol. The second kappa shape index (κ2) is 11.7. The molecule has 0 aliphatic rings. The Kier molecular flexibility index (Phi) is 11.1. The largest absolute Gasteiger partial charge is 0.381 e. The highest BCUT2D eigenvalue weighted by Crippen LogP contribution is 2.03. The van der Waals surface area contributed by atoms with Gasteiger partial charge in [0.25, 0.3) is 0 Å². The number of unbranched alkanes of at least 4 members (excludes halogenated alkanes) is 2. The number of carbonyl (C=O) groups excluding carboxylic acids is 2. The molecule has 0 fully saturated rings. The van der Waals surface area contributed by atoms with Gasteiger partial charge in [-0.05, 0) is 25.7 Å². The lowest BCUT2D eigenvalue weighted by Gasteiger charge is -2.10. The van der Waals surface area contributed by atoms with Crippen molar-refractivity contribution in [1.29, 1.82) is 0 Å². The van der Waals surface area contributed by atoms with Gasteiger partial charge in [-0.3, -0.25) is 9.59 Å². The van der Waals surface area contributed by atoms with Gasteiger partial charge in [-0.25, -0.2) is 0 Å². The third kappa shape index (κ3) is 9.78. The van der Waals surface area contributed by atoms with Crippen LogP contribution in [0.25, 0.3) is 0 Å². The number of amides is 2. The van der Waals surface area contributed by atoms with Gasteiger partial charge in [0.15, 0.2) is 0 Å². The summed E-state index contributed by atoms with van der Waals surface area (Å²) in [5, 5.41) is 5.52. The summed E-state index contributed by atoms with van der Waals surface area (Å²) < 4.78 is 5.50. The molecule has 0 saturated carbocycles. The highest BCUT2D eigenvalue weighted by atomic mass is 16.5. The Balaban J connectivity index is 3.29. The van der Waals surface area contributed by atoms with E-state index in [2.05, 4.69) is 10.6 Å². The minimum absolute atomic E-state index is 0.00578. The van der Waals surface area contributed by atoms with Crippen LogP contribution in [0.2, 0.25) is 0 Å². The minimum atomic E-state index is 0.00578. The standard InChI is InChI=1S/C15H30N2O3/c1-12(2)14(18)17-9-6-5-7-10-20-11-8-13(3)15(19)16-4/h12-13H,5-11H2,1-4H3,(H,16,19)(H,17,18). The zero-order valence-corrected chi connectivity index (χ0v) is 13.3. The number of nitrogens with one attached hydrogen (secondary N) is 2. The Labute approximate surface area is 122 Å². The van der Waals surface area contributed by atoms with Gasteiger partial charge < -0.3 is 15.4 Å². The number of rotatable bonds is 11. The molecule has 0 saturated heterocycles. The second-order valence-electron chi connectivity index (χ2n) is 5.42. The molecule has 2 N–H and O–H groups in total. The molecule has 0 aliphatic heterocycles. The first-order valence-electron chi connectivity index (χ1n) is 7.56. The molecule has 0 rings (SSSR count). The van der Waals surface area contributed by atoms with E-state index in [1.807, 2.05) is 20.8 Å². The zero-order chi connectivity index (χ0) is 15.4. The van der Waals surface area contributed by atoms with Crippen LogP contribution in [0.4, 0.5) is 0 Å². The molecule has 0 bridgehead atoms. The zero-order valence-electron chi connectivity index (χ0n) is 13.3. The Morgan fingerprint density at radius 2 is 1.70 bits per heavy atom. The van der Waals surface area contributed by atoms with Crippen LogP contribution in [0.5, 0.6) is 0 Å². The van der Waals surface area contributed by atoms with Gasteiger partial charge in [-0.2, -0.15) is 0 Å². The van der Waals surface area contributed by atoms with Crippen molar-refractivity contribution in [2.24, 2.45) is 11.8 Å². The fraction of sp³-hybridized carbons (Fsp3) is 0.867. The predicted molar refractivity (Wildman–Crippen MR) is 80.4 cm³/mol. The lowest BCUT2D eigenvalue weighted by Crippen LogP contribution is -2.28. The Bertz CT molecular complexity index is 280. The number of ether oxygens (including phenoxy) is 1. The summed E-state index contributed by atoms with van der Waals surface area (Å²) >= 11 is 0. The molecule has 0 spiro atoms.